The SMILES string of the molecule is COC(=O)C=Cc1cc2onc(CCc3sc(-c4ccc(C(F)(F)F)cc4)nc3C(C)C)c2cc1C. The Hall–Kier alpha value is -3.46. The molecule has 0 spiro atoms. The van der Waals surface area contributed by atoms with E-state index in [1.54, 1.807) is 6.08 Å². The molecule has 2 aromatic heterocycles. The number of fused-ring (bicyclic) bond motifs is 1. The van der Waals surface area contributed by atoms with Crippen LogP contribution in [0, 0.1) is 6.92 Å². The maximum absolute atomic E-state index is 12.9. The minimum Gasteiger partial charge on any atom is -0.466 e. The van der Waals surface area contributed by atoms with Gasteiger partial charge in [0, 0.05) is 21.9 Å². The van der Waals surface area contributed by atoms with Gasteiger partial charge in [-0.25, -0.2) is 9.78 Å². The molecule has 0 saturated heterocycles. The lowest BCUT2D eigenvalue weighted by Crippen LogP contribution is -2.03. The van der Waals surface area contributed by atoms with Crippen molar-refractivity contribution in [2.75, 3.05) is 7.11 Å². The smallest absolute Gasteiger partial charge is 0.416 e. The van der Waals surface area contributed by atoms with Crippen molar-refractivity contribution in [1.29, 1.82) is 0 Å². The van der Waals surface area contributed by atoms with E-state index in [2.05, 4.69) is 9.89 Å². The predicted octanol–water partition coefficient (Wildman–Crippen LogP) is 7.37. The van der Waals surface area contributed by atoms with E-state index >= 15 is 0 Å². The first kappa shape index (κ1) is 25.6. The van der Waals surface area contributed by atoms with Crippen LogP contribution >= 0.6 is 11.3 Å². The summed E-state index contributed by atoms with van der Waals surface area (Å²) in [4.78, 5) is 17.2. The van der Waals surface area contributed by atoms with Crippen molar-refractivity contribution in [3.8, 4) is 10.6 Å². The van der Waals surface area contributed by atoms with Crippen LogP contribution in [0.25, 0.3) is 27.6 Å². The number of aryl methyl sites for hydroxylation is 3. The minimum absolute atomic E-state index is 0.167. The van der Waals surface area contributed by atoms with E-state index in [0.29, 0.717) is 29.0 Å². The Kier molecular flexibility index (Phi) is 7.31. The first-order valence-corrected chi connectivity index (χ1v) is 12.2. The Morgan fingerprint density at radius 2 is 1.89 bits per heavy atom. The molecule has 0 atom stereocenters. The van der Waals surface area contributed by atoms with Crippen LogP contribution in [0.1, 0.15) is 52.7 Å². The number of esters is 1. The lowest BCUT2D eigenvalue weighted by atomic mass is 10.0. The summed E-state index contributed by atoms with van der Waals surface area (Å²) in [6.45, 7) is 6.05. The molecule has 36 heavy (non-hydrogen) atoms. The highest BCUT2D eigenvalue weighted by molar-refractivity contribution is 7.15. The normalized spacial score (nSPS) is 12.2. The Balaban J connectivity index is 1.57. The van der Waals surface area contributed by atoms with Crippen LogP contribution in [-0.2, 0) is 28.5 Å². The standard InChI is InChI=1S/C27H25F3N2O3S/c1-15(2)25-23(36-26(31-25)17-5-8-19(9-6-17)27(28,29)30)11-10-21-20-13-16(3)18(7-12-24(33)34-4)14-22(20)35-32-21/h5-9,12-15H,10-11H2,1-4H3. The topological polar surface area (TPSA) is 65.2 Å². The molecule has 4 aromatic rings. The van der Waals surface area contributed by atoms with Crippen molar-refractivity contribution >= 4 is 34.4 Å². The van der Waals surface area contributed by atoms with Gasteiger partial charge in [0.05, 0.1) is 24.1 Å². The molecule has 4 rings (SSSR count). The number of aromatic nitrogens is 2. The highest BCUT2D eigenvalue weighted by Gasteiger charge is 2.30. The fourth-order valence-electron chi connectivity index (χ4n) is 3.89. The molecule has 0 saturated carbocycles. The number of nitrogens with zero attached hydrogens (tertiary/aromatic N) is 2. The van der Waals surface area contributed by atoms with E-state index in [1.807, 2.05) is 32.9 Å². The molecule has 0 unspecified atom stereocenters. The second-order valence-electron chi connectivity index (χ2n) is 8.75. The van der Waals surface area contributed by atoms with E-state index in [1.165, 1.54) is 36.7 Å². The third-order valence-corrected chi connectivity index (χ3v) is 7.04. The molecule has 0 aliphatic rings. The van der Waals surface area contributed by atoms with Gasteiger partial charge >= 0.3 is 12.1 Å². The number of halogens is 3. The van der Waals surface area contributed by atoms with Crippen molar-refractivity contribution in [2.24, 2.45) is 0 Å². The number of alkyl halides is 3. The number of carbonyl (C=O) groups is 1. The van der Waals surface area contributed by atoms with Crippen LogP contribution in [0.2, 0.25) is 0 Å². The molecule has 0 aliphatic carbocycles. The molecular formula is C27H25F3N2O3S. The van der Waals surface area contributed by atoms with E-state index < -0.39 is 17.7 Å². The van der Waals surface area contributed by atoms with Crippen molar-refractivity contribution in [1.82, 2.24) is 10.1 Å². The maximum Gasteiger partial charge on any atom is 0.416 e. The van der Waals surface area contributed by atoms with Crippen LogP contribution in [-0.4, -0.2) is 23.2 Å². The summed E-state index contributed by atoms with van der Waals surface area (Å²) in [6, 6.07) is 8.94. The quantitative estimate of drug-likeness (QED) is 0.190. The number of ether oxygens (including phenoxy) is 1. The number of hydrogen-bond donors (Lipinski definition) is 0. The third-order valence-electron chi connectivity index (χ3n) is 5.86. The number of carbonyl (C=O) groups excluding carboxylic acids is 1. The fraction of sp³-hybridized carbons (Fsp3) is 0.296. The van der Waals surface area contributed by atoms with E-state index in [9.17, 15) is 18.0 Å². The van der Waals surface area contributed by atoms with Crippen molar-refractivity contribution in [3.63, 3.8) is 0 Å². The minimum atomic E-state index is -4.37. The fourth-order valence-corrected chi connectivity index (χ4v) is 5.12. The average molecular weight is 515 g/mol. The first-order chi connectivity index (χ1) is 17.1. The van der Waals surface area contributed by atoms with Gasteiger partial charge in [0.15, 0.2) is 5.58 Å². The molecule has 0 bridgehead atoms. The lowest BCUT2D eigenvalue weighted by Gasteiger charge is -2.06. The first-order valence-electron chi connectivity index (χ1n) is 11.4. The average Bonchev–Trinajstić information content (AvgIpc) is 3.44. The van der Waals surface area contributed by atoms with E-state index in [0.717, 1.165) is 44.9 Å². The monoisotopic (exact) mass is 514 g/mol. The Morgan fingerprint density at radius 3 is 2.53 bits per heavy atom. The molecule has 2 aromatic carbocycles. The zero-order valence-corrected chi connectivity index (χ0v) is 21.1. The highest BCUT2D eigenvalue weighted by atomic mass is 32.1. The number of benzene rings is 2. The molecule has 5 nitrogen and oxygen atoms in total. The van der Waals surface area contributed by atoms with Crippen molar-refractivity contribution in [2.45, 2.75) is 45.7 Å². The molecule has 0 fully saturated rings. The predicted molar refractivity (Wildman–Crippen MR) is 134 cm³/mol. The van der Waals surface area contributed by atoms with Gasteiger partial charge in [0.25, 0.3) is 0 Å². The summed E-state index contributed by atoms with van der Waals surface area (Å²) in [6.07, 6.45) is -0.0316. The Labute approximate surface area is 210 Å². The number of methoxy groups -OCH3 is 1. The lowest BCUT2D eigenvalue weighted by molar-refractivity contribution is -0.137. The van der Waals surface area contributed by atoms with Gasteiger partial charge in [-0.1, -0.05) is 31.1 Å². The van der Waals surface area contributed by atoms with Gasteiger partial charge < -0.3 is 9.26 Å². The zero-order valence-electron chi connectivity index (χ0n) is 20.3. The van der Waals surface area contributed by atoms with Crippen LogP contribution in [0.4, 0.5) is 13.2 Å². The van der Waals surface area contributed by atoms with Gasteiger partial charge in [0.1, 0.15) is 5.01 Å². The van der Waals surface area contributed by atoms with E-state index in [4.69, 9.17) is 9.51 Å². The molecule has 0 amide bonds. The molecule has 0 N–H and O–H groups in total. The molecule has 9 heteroatoms. The third kappa shape index (κ3) is 5.51. The highest BCUT2D eigenvalue weighted by Crippen LogP contribution is 2.35. The zero-order chi connectivity index (χ0) is 26.0. The second kappa shape index (κ2) is 10.3. The molecule has 2 heterocycles. The summed E-state index contributed by atoms with van der Waals surface area (Å²) in [5.74, 6) is -0.270. The molecular weight excluding hydrogens is 489 g/mol. The van der Waals surface area contributed by atoms with E-state index in [-0.39, 0.29) is 5.92 Å². The summed E-state index contributed by atoms with van der Waals surface area (Å²) in [7, 11) is 1.33. The maximum atomic E-state index is 12.9. The van der Waals surface area contributed by atoms with Crippen LogP contribution < -0.4 is 0 Å². The van der Waals surface area contributed by atoms with Gasteiger partial charge in [-0.2, -0.15) is 13.2 Å². The summed E-state index contributed by atoms with van der Waals surface area (Å²) < 4.78 is 49.0. The Bertz CT molecular complexity index is 1420. The summed E-state index contributed by atoms with van der Waals surface area (Å²) >= 11 is 1.49. The van der Waals surface area contributed by atoms with Crippen LogP contribution in [0.3, 0.4) is 0 Å². The number of rotatable bonds is 7. The molecule has 0 radical (unpaired) electrons. The van der Waals surface area contributed by atoms with Crippen LogP contribution in [0.5, 0.6) is 0 Å². The van der Waals surface area contributed by atoms with Gasteiger partial charge in [-0.15, -0.1) is 11.3 Å². The molecule has 0 aliphatic heterocycles. The largest absolute Gasteiger partial charge is 0.466 e. The van der Waals surface area contributed by atoms with Gasteiger partial charge in [-0.05, 0) is 67.2 Å². The molecule has 188 valence electrons. The number of thiazole rings is 1. The van der Waals surface area contributed by atoms with Gasteiger partial charge in [-0.3, -0.25) is 0 Å². The number of hydrogen-bond acceptors (Lipinski definition) is 6. The second-order valence-corrected chi connectivity index (χ2v) is 9.83. The van der Waals surface area contributed by atoms with Crippen molar-refractivity contribution < 1.29 is 27.2 Å². The van der Waals surface area contributed by atoms with Gasteiger partial charge in [0.2, 0.25) is 0 Å². The van der Waals surface area contributed by atoms with Crippen LogP contribution in [0.15, 0.2) is 47.0 Å². The summed E-state index contributed by atoms with van der Waals surface area (Å²) in [5.41, 5.74) is 4.17. The Morgan fingerprint density at radius 1 is 1.17 bits per heavy atom. The summed E-state index contributed by atoms with van der Waals surface area (Å²) in [5, 5.41) is 5.87. The van der Waals surface area contributed by atoms with Crippen molar-refractivity contribution in [3.05, 3.63) is 75.4 Å².